The van der Waals surface area contributed by atoms with Crippen LogP contribution >= 0.6 is 11.3 Å². The molecule has 5 heteroatoms. The van der Waals surface area contributed by atoms with Crippen molar-refractivity contribution in [3.05, 3.63) is 151 Å². The molecule has 1 aliphatic rings. The molecule has 4 heterocycles. The second-order valence-corrected chi connectivity index (χ2v) is 13.4. The Balaban J connectivity index is 1.31. The third-order valence-electron chi connectivity index (χ3n) is 9.86. The van der Waals surface area contributed by atoms with Gasteiger partial charge in [-0.05, 0) is 34.5 Å². The number of rotatable bonds is 1. The lowest BCUT2D eigenvalue weighted by Gasteiger charge is -2.24. The molecule has 0 amide bonds. The summed E-state index contributed by atoms with van der Waals surface area (Å²) in [6.07, 6.45) is 0. The highest BCUT2D eigenvalue weighted by atomic mass is 32.1. The first kappa shape index (κ1) is 25.3. The number of anilines is 1. The van der Waals surface area contributed by atoms with Crippen LogP contribution in [0.5, 0.6) is 0 Å². The summed E-state index contributed by atoms with van der Waals surface area (Å²) in [6.45, 7) is 0. The molecule has 0 aliphatic carbocycles. The lowest BCUT2D eigenvalue weighted by molar-refractivity contribution is 0.623. The summed E-state index contributed by atoms with van der Waals surface area (Å²) in [4.78, 5) is 5.66. The second-order valence-electron chi connectivity index (χ2n) is 12.3. The highest BCUT2D eigenvalue weighted by Crippen LogP contribution is 2.49. The zero-order valence-electron chi connectivity index (χ0n) is 25.1. The summed E-state index contributed by atoms with van der Waals surface area (Å²) >= 11 is 1.88. The molecule has 0 spiro atoms. The number of aliphatic imine (C=N–C) groups is 1. The van der Waals surface area contributed by atoms with Gasteiger partial charge >= 0.3 is 0 Å². The van der Waals surface area contributed by atoms with Crippen molar-refractivity contribution in [2.75, 3.05) is 5.32 Å². The van der Waals surface area contributed by atoms with Crippen LogP contribution in [0.4, 0.5) is 5.88 Å². The van der Waals surface area contributed by atoms with Crippen molar-refractivity contribution < 1.29 is 4.42 Å². The molecule has 0 fully saturated rings. The van der Waals surface area contributed by atoms with Crippen LogP contribution in [-0.4, -0.2) is 10.5 Å². The van der Waals surface area contributed by atoms with Gasteiger partial charge in [-0.15, -0.1) is 11.3 Å². The van der Waals surface area contributed by atoms with Crippen LogP contribution in [-0.2, 0) is 0 Å². The molecule has 10 aromatic rings. The van der Waals surface area contributed by atoms with E-state index in [1.807, 2.05) is 23.5 Å². The first-order valence-corrected chi connectivity index (χ1v) is 16.7. The van der Waals surface area contributed by atoms with Crippen molar-refractivity contribution in [2.24, 2.45) is 4.99 Å². The topological polar surface area (TPSA) is 42.5 Å². The molecule has 11 rings (SSSR count). The highest BCUT2D eigenvalue weighted by molar-refractivity contribution is 7.27. The normalized spacial score (nSPS) is 14.9. The van der Waals surface area contributed by atoms with Crippen LogP contribution in [0.2, 0.25) is 0 Å². The van der Waals surface area contributed by atoms with E-state index in [0.717, 1.165) is 45.0 Å². The van der Waals surface area contributed by atoms with E-state index in [9.17, 15) is 0 Å². The van der Waals surface area contributed by atoms with Gasteiger partial charge in [0.15, 0.2) is 0 Å². The minimum atomic E-state index is -0.274. The average molecular weight is 620 g/mol. The van der Waals surface area contributed by atoms with E-state index in [0.29, 0.717) is 0 Å². The highest BCUT2D eigenvalue weighted by Gasteiger charge is 2.32. The number of nitrogens with zero attached hydrogens (tertiary/aromatic N) is 2. The summed E-state index contributed by atoms with van der Waals surface area (Å²) in [5.41, 5.74) is 5.34. The van der Waals surface area contributed by atoms with Crippen molar-refractivity contribution in [3.63, 3.8) is 0 Å². The maximum atomic E-state index is 6.61. The average Bonchev–Trinajstić information content (AvgIpc) is 3.81. The Bertz CT molecular complexity index is 2950. The summed E-state index contributed by atoms with van der Waals surface area (Å²) in [7, 11) is 0. The third-order valence-corrected chi connectivity index (χ3v) is 11.1. The van der Waals surface area contributed by atoms with Crippen LogP contribution < -0.4 is 5.32 Å². The van der Waals surface area contributed by atoms with E-state index < -0.39 is 0 Å². The predicted molar refractivity (Wildman–Crippen MR) is 198 cm³/mol. The van der Waals surface area contributed by atoms with Crippen LogP contribution in [0.15, 0.2) is 149 Å². The van der Waals surface area contributed by atoms with Crippen molar-refractivity contribution in [1.82, 2.24) is 4.57 Å². The first-order valence-electron chi connectivity index (χ1n) is 15.9. The minimum absolute atomic E-state index is 0.274. The van der Waals surface area contributed by atoms with Crippen LogP contribution in [0.25, 0.3) is 74.5 Å². The van der Waals surface area contributed by atoms with Crippen LogP contribution in [0.1, 0.15) is 17.2 Å². The Hall–Kier alpha value is -5.91. The van der Waals surface area contributed by atoms with Crippen molar-refractivity contribution in [3.8, 4) is 0 Å². The Morgan fingerprint density at radius 3 is 2.17 bits per heavy atom. The van der Waals surface area contributed by atoms with Gasteiger partial charge in [-0.1, -0.05) is 121 Å². The van der Waals surface area contributed by atoms with Gasteiger partial charge in [0, 0.05) is 47.1 Å². The number of furan rings is 1. The largest absolute Gasteiger partial charge is 0.440 e. The lowest BCUT2D eigenvalue weighted by Crippen LogP contribution is -2.27. The van der Waals surface area contributed by atoms with E-state index in [-0.39, 0.29) is 6.04 Å². The minimum Gasteiger partial charge on any atom is -0.440 e. The molecule has 1 unspecified atom stereocenters. The zero-order chi connectivity index (χ0) is 30.6. The van der Waals surface area contributed by atoms with Crippen molar-refractivity contribution in [1.29, 1.82) is 0 Å². The van der Waals surface area contributed by atoms with Gasteiger partial charge in [0.05, 0.1) is 16.6 Å². The lowest BCUT2D eigenvalue weighted by atomic mass is 9.92. The Morgan fingerprint density at radius 2 is 1.28 bits per heavy atom. The predicted octanol–water partition coefficient (Wildman–Crippen LogP) is 11.6. The maximum Gasteiger partial charge on any atom is 0.211 e. The fourth-order valence-corrected chi connectivity index (χ4v) is 9.17. The molecule has 0 saturated heterocycles. The number of aromatic nitrogens is 1. The molecule has 0 radical (unpaired) electrons. The molecule has 47 heavy (non-hydrogen) atoms. The maximum absolute atomic E-state index is 6.61. The standard InChI is InChI=1S/C42H25N3OS/c1-2-14-25-24(12-1)13-11-20-26(25)38-37-30-18-6-9-22-33(30)46-41(37)44-42(43-38)45-32-21-8-5-17-29(32)35-36-31-19-7-10-23-34(31)47-40(36)28-16-4-3-15-27(28)39(35)45/h1-23,38H,(H,43,44). The Labute approximate surface area is 272 Å². The fraction of sp³-hybridized carbons (Fsp3) is 0.0238. The number of hydrogen-bond donors (Lipinski definition) is 1. The van der Waals surface area contributed by atoms with Gasteiger partial charge in [0.2, 0.25) is 11.8 Å². The van der Waals surface area contributed by atoms with Gasteiger partial charge in [-0.2, -0.15) is 0 Å². The molecule has 4 nitrogen and oxygen atoms in total. The van der Waals surface area contributed by atoms with E-state index in [4.69, 9.17) is 9.41 Å². The zero-order valence-corrected chi connectivity index (χ0v) is 25.9. The van der Waals surface area contributed by atoms with Crippen LogP contribution in [0, 0.1) is 0 Å². The van der Waals surface area contributed by atoms with Gasteiger partial charge < -0.3 is 4.42 Å². The summed E-state index contributed by atoms with van der Waals surface area (Å²) in [6, 6.07) is 49.5. The molecule has 7 aromatic carbocycles. The molecule has 3 aromatic heterocycles. The molecule has 1 atom stereocenters. The monoisotopic (exact) mass is 619 g/mol. The number of benzene rings is 7. The molecular weight excluding hydrogens is 595 g/mol. The summed E-state index contributed by atoms with van der Waals surface area (Å²) < 4.78 is 11.6. The van der Waals surface area contributed by atoms with E-state index in [1.165, 1.54) is 52.5 Å². The van der Waals surface area contributed by atoms with Crippen molar-refractivity contribution in [2.45, 2.75) is 6.04 Å². The van der Waals surface area contributed by atoms with Gasteiger partial charge in [-0.3, -0.25) is 9.88 Å². The SMILES string of the molecule is c1ccc2c(C3N=C(n4c5ccccc5c5c6c7ccccc7sc6c6ccccc6c54)Nc4oc5ccccc5c43)cccc2c1. The number of para-hydroxylation sites is 2. The smallest absolute Gasteiger partial charge is 0.211 e. The second kappa shape index (κ2) is 9.32. The Kier molecular flexibility index (Phi) is 5.02. The van der Waals surface area contributed by atoms with E-state index in [1.54, 1.807) is 0 Å². The molecule has 1 N–H and O–H groups in total. The van der Waals surface area contributed by atoms with E-state index in [2.05, 4.69) is 137 Å². The molecule has 1 aliphatic heterocycles. The Morgan fingerprint density at radius 1 is 0.596 bits per heavy atom. The number of hydrogen-bond acceptors (Lipinski definition) is 4. The first-order chi connectivity index (χ1) is 23.3. The molecular formula is C42H25N3OS. The number of fused-ring (bicyclic) bond motifs is 14. The molecule has 0 bridgehead atoms. The fourth-order valence-electron chi connectivity index (χ4n) is 7.92. The van der Waals surface area contributed by atoms with Crippen LogP contribution in [0.3, 0.4) is 0 Å². The van der Waals surface area contributed by atoms with Gasteiger partial charge in [0.1, 0.15) is 11.6 Å². The summed E-state index contributed by atoms with van der Waals surface area (Å²) in [5, 5.41) is 14.7. The number of nitrogens with one attached hydrogen (secondary N) is 1. The van der Waals surface area contributed by atoms with Gasteiger partial charge in [0.25, 0.3) is 0 Å². The van der Waals surface area contributed by atoms with Gasteiger partial charge in [-0.25, -0.2) is 4.99 Å². The van der Waals surface area contributed by atoms with Crippen molar-refractivity contribution >= 4 is 97.7 Å². The summed E-state index contributed by atoms with van der Waals surface area (Å²) in [5.74, 6) is 1.50. The number of thiophene rings is 1. The third kappa shape index (κ3) is 3.38. The van der Waals surface area contributed by atoms with E-state index >= 15 is 0 Å². The molecule has 220 valence electrons. The molecule has 0 saturated carbocycles. The quantitative estimate of drug-likeness (QED) is 0.199.